The molecule has 40 heavy (non-hydrogen) atoms. The molecule has 0 bridgehead atoms. The van der Waals surface area contributed by atoms with Crippen molar-refractivity contribution in [3.05, 3.63) is 48.2 Å². The van der Waals surface area contributed by atoms with E-state index in [4.69, 9.17) is 5.14 Å². The molecule has 15 heteroatoms. The van der Waals surface area contributed by atoms with Crippen molar-refractivity contribution in [3.63, 3.8) is 0 Å². The number of aromatic nitrogens is 4. The van der Waals surface area contributed by atoms with E-state index in [2.05, 4.69) is 15.1 Å². The highest BCUT2D eigenvalue weighted by molar-refractivity contribution is 7.89. The van der Waals surface area contributed by atoms with E-state index in [9.17, 15) is 31.5 Å². The van der Waals surface area contributed by atoms with Gasteiger partial charge in [-0.2, -0.15) is 18.3 Å². The number of hydrogen-bond acceptors (Lipinski definition) is 8. The van der Waals surface area contributed by atoms with Crippen LogP contribution in [-0.2, 0) is 27.5 Å². The number of nitrogens with two attached hydrogens (primary N) is 1. The smallest absolute Gasteiger partial charge is 0.389 e. The number of carbonyl (C=O) groups is 1. The summed E-state index contributed by atoms with van der Waals surface area (Å²) < 4.78 is 82.1. The number of anilines is 2. The number of halogens is 4. The van der Waals surface area contributed by atoms with Gasteiger partial charge in [-0.25, -0.2) is 27.9 Å². The molecule has 0 amide bonds. The highest BCUT2D eigenvalue weighted by atomic mass is 32.2. The molecule has 1 aliphatic carbocycles. The zero-order valence-electron chi connectivity index (χ0n) is 21.6. The highest BCUT2D eigenvalue weighted by Crippen LogP contribution is 2.40. The molecule has 1 saturated carbocycles. The predicted octanol–water partition coefficient (Wildman–Crippen LogP) is 3.81. The van der Waals surface area contributed by atoms with Crippen LogP contribution >= 0.6 is 0 Å². The Morgan fingerprint density at radius 1 is 1.18 bits per heavy atom. The summed E-state index contributed by atoms with van der Waals surface area (Å²) in [7, 11) is -4.22. The van der Waals surface area contributed by atoms with Gasteiger partial charge in [0.05, 0.1) is 34.6 Å². The number of rotatable bonds is 8. The molecule has 4 rings (SSSR count). The molecule has 1 aliphatic rings. The first-order valence-corrected chi connectivity index (χ1v) is 13.9. The van der Waals surface area contributed by atoms with Gasteiger partial charge in [-0.05, 0) is 57.7 Å². The quantitative estimate of drug-likeness (QED) is 0.301. The fourth-order valence-corrected chi connectivity index (χ4v) is 5.23. The lowest BCUT2D eigenvalue weighted by molar-refractivity contribution is -0.137. The second kappa shape index (κ2) is 10.9. The Balaban J connectivity index is 1.86. The summed E-state index contributed by atoms with van der Waals surface area (Å²) in [5, 5.41) is 19.2. The molecule has 0 aliphatic heterocycles. The summed E-state index contributed by atoms with van der Waals surface area (Å²) in [5.41, 5.74) is -3.01. The van der Waals surface area contributed by atoms with Gasteiger partial charge in [-0.1, -0.05) is 0 Å². The number of hydrogen-bond donors (Lipinski definition) is 2. The zero-order valence-corrected chi connectivity index (χ0v) is 22.5. The Morgan fingerprint density at radius 3 is 2.40 bits per heavy atom. The van der Waals surface area contributed by atoms with Crippen molar-refractivity contribution in [2.45, 2.75) is 68.8 Å². The lowest BCUT2D eigenvalue weighted by atomic mass is 9.86. The number of carbonyl (C=O) groups excluding carboxylic acids is 1. The third-order valence-electron chi connectivity index (χ3n) is 6.56. The van der Waals surface area contributed by atoms with Crippen LogP contribution in [0.2, 0.25) is 0 Å². The Morgan fingerprint density at radius 2 is 1.85 bits per heavy atom. The Hall–Kier alpha value is -3.43. The standard InChI is InChI=1S/C25H28F4N6O4S/c1-24(2,37)14-34-12-16(10-32-34)22-19(25(27,28)29)11-31-23(33-22)35(17-5-3-15(13-36)4-6-17)21-8-7-18(9-20(21)26)40(30,38)39/h7-13,15,17,37H,3-6,14H2,1-2H3,(H2,30,38,39). The van der Waals surface area contributed by atoms with Gasteiger partial charge in [0.1, 0.15) is 17.7 Å². The molecule has 0 saturated heterocycles. The minimum Gasteiger partial charge on any atom is -0.389 e. The molecule has 1 fully saturated rings. The molecule has 0 spiro atoms. The number of alkyl halides is 3. The molecule has 2 heterocycles. The third kappa shape index (κ3) is 6.64. The van der Waals surface area contributed by atoms with Crippen LogP contribution in [0.5, 0.6) is 0 Å². The van der Waals surface area contributed by atoms with Crippen molar-refractivity contribution >= 4 is 27.9 Å². The summed E-state index contributed by atoms with van der Waals surface area (Å²) in [6.45, 7) is 3.04. The maximum absolute atomic E-state index is 15.4. The average Bonchev–Trinajstić information content (AvgIpc) is 3.31. The maximum atomic E-state index is 15.4. The third-order valence-corrected chi connectivity index (χ3v) is 7.47. The van der Waals surface area contributed by atoms with Crippen LogP contribution in [0.25, 0.3) is 11.3 Å². The first-order valence-electron chi connectivity index (χ1n) is 12.3. The van der Waals surface area contributed by atoms with E-state index in [0.29, 0.717) is 31.9 Å². The maximum Gasteiger partial charge on any atom is 0.419 e. The number of nitrogens with zero attached hydrogens (tertiary/aromatic N) is 5. The first-order chi connectivity index (χ1) is 18.6. The molecule has 1 aromatic carbocycles. The van der Waals surface area contributed by atoms with Gasteiger partial charge in [0.25, 0.3) is 0 Å². The molecule has 0 atom stereocenters. The number of primary sulfonamides is 1. The number of sulfonamides is 1. The van der Waals surface area contributed by atoms with E-state index in [1.54, 1.807) is 0 Å². The van der Waals surface area contributed by atoms with E-state index in [1.807, 2.05) is 0 Å². The molecule has 2 aromatic heterocycles. The van der Waals surface area contributed by atoms with Crippen LogP contribution in [0.3, 0.4) is 0 Å². The van der Waals surface area contributed by atoms with Gasteiger partial charge in [-0.3, -0.25) is 4.68 Å². The van der Waals surface area contributed by atoms with Crippen molar-refractivity contribution in [1.82, 2.24) is 19.7 Å². The SMILES string of the molecule is CC(C)(O)Cn1cc(-c2nc(N(c3ccc(S(N)(=O)=O)cc3F)C3CCC(C=O)CC3)ncc2C(F)(F)F)cn1. The van der Waals surface area contributed by atoms with Crippen LogP contribution in [0, 0.1) is 11.7 Å². The van der Waals surface area contributed by atoms with E-state index in [1.165, 1.54) is 35.8 Å². The van der Waals surface area contributed by atoms with Crippen molar-refractivity contribution in [3.8, 4) is 11.3 Å². The largest absolute Gasteiger partial charge is 0.419 e. The summed E-state index contributed by atoms with van der Waals surface area (Å²) in [6, 6.07) is 2.46. The molecule has 3 aromatic rings. The van der Waals surface area contributed by atoms with Gasteiger partial charge in [0.15, 0.2) is 0 Å². The number of aldehydes is 1. The van der Waals surface area contributed by atoms with E-state index < -0.39 is 49.8 Å². The molecule has 0 unspecified atom stereocenters. The average molecular weight is 585 g/mol. The van der Waals surface area contributed by atoms with Gasteiger partial charge < -0.3 is 14.8 Å². The summed E-state index contributed by atoms with van der Waals surface area (Å²) >= 11 is 0. The zero-order chi connectivity index (χ0) is 29.5. The molecular formula is C25H28F4N6O4S. The Bertz CT molecular complexity index is 1500. The van der Waals surface area contributed by atoms with Gasteiger partial charge in [0, 0.05) is 29.9 Å². The summed E-state index contributed by atoms with van der Waals surface area (Å²) in [4.78, 5) is 20.3. The van der Waals surface area contributed by atoms with Crippen molar-refractivity contribution in [2.75, 3.05) is 4.90 Å². The van der Waals surface area contributed by atoms with Gasteiger partial charge in [-0.15, -0.1) is 0 Å². The van der Waals surface area contributed by atoms with Crippen LogP contribution in [-0.4, -0.2) is 51.2 Å². The van der Waals surface area contributed by atoms with Gasteiger partial charge >= 0.3 is 6.18 Å². The minimum atomic E-state index is -4.83. The van der Waals surface area contributed by atoms with Gasteiger partial charge in [0.2, 0.25) is 16.0 Å². The number of benzene rings is 1. The second-order valence-electron chi connectivity index (χ2n) is 10.4. The highest BCUT2D eigenvalue weighted by Gasteiger charge is 2.37. The first kappa shape index (κ1) is 29.6. The fraction of sp³-hybridized carbons (Fsp3) is 0.440. The predicted molar refractivity (Wildman–Crippen MR) is 136 cm³/mol. The molecule has 0 radical (unpaired) electrons. The summed E-state index contributed by atoms with van der Waals surface area (Å²) in [5.74, 6) is -1.46. The van der Waals surface area contributed by atoms with E-state index >= 15 is 4.39 Å². The van der Waals surface area contributed by atoms with Crippen LogP contribution < -0.4 is 10.0 Å². The Kier molecular flexibility index (Phi) is 8.02. The second-order valence-corrected chi connectivity index (χ2v) is 12.0. The lowest BCUT2D eigenvalue weighted by Crippen LogP contribution is -2.37. The molecule has 216 valence electrons. The van der Waals surface area contributed by atoms with E-state index in [-0.39, 0.29) is 29.7 Å². The van der Waals surface area contributed by atoms with Crippen molar-refractivity contribution < 1.29 is 35.9 Å². The van der Waals surface area contributed by atoms with Crippen molar-refractivity contribution in [2.24, 2.45) is 11.1 Å². The summed E-state index contributed by atoms with van der Waals surface area (Å²) in [6.07, 6.45) is 0.755. The van der Waals surface area contributed by atoms with Crippen LogP contribution in [0.1, 0.15) is 45.1 Å². The van der Waals surface area contributed by atoms with E-state index in [0.717, 1.165) is 24.5 Å². The van der Waals surface area contributed by atoms with Crippen LogP contribution in [0.4, 0.5) is 29.2 Å². The Labute approximate surface area is 227 Å². The molecular weight excluding hydrogens is 556 g/mol. The topological polar surface area (TPSA) is 144 Å². The lowest BCUT2D eigenvalue weighted by Gasteiger charge is -2.36. The molecule has 10 nitrogen and oxygen atoms in total. The monoisotopic (exact) mass is 584 g/mol. The number of aliphatic hydroxyl groups is 1. The fourth-order valence-electron chi connectivity index (χ4n) is 4.71. The van der Waals surface area contributed by atoms with Crippen LogP contribution in [0.15, 0.2) is 41.7 Å². The normalized spacial score (nSPS) is 18.5. The van der Waals surface area contributed by atoms with Crippen molar-refractivity contribution in [1.29, 1.82) is 0 Å². The minimum absolute atomic E-state index is 0.000000319. The molecule has 3 N–H and O–H groups in total.